The zero-order valence-electron chi connectivity index (χ0n) is 17.0. The van der Waals surface area contributed by atoms with Gasteiger partial charge in [0.05, 0.1) is 12.6 Å². The Labute approximate surface area is 183 Å². The van der Waals surface area contributed by atoms with Gasteiger partial charge in [0.2, 0.25) is 11.8 Å². The van der Waals surface area contributed by atoms with E-state index in [-0.39, 0.29) is 17.9 Å². The fourth-order valence-electron chi connectivity index (χ4n) is 3.96. The predicted octanol–water partition coefficient (Wildman–Crippen LogP) is 3.34. The first-order chi connectivity index (χ1) is 13.9. The van der Waals surface area contributed by atoms with Crippen LogP contribution in [-0.4, -0.2) is 78.4 Å². The Hall–Kier alpha value is -1.34. The molecule has 160 valence electrons. The molecule has 8 heteroatoms. The van der Waals surface area contributed by atoms with Gasteiger partial charge in [-0.25, -0.2) is 0 Å². The fourth-order valence-corrected chi connectivity index (χ4v) is 4.48. The van der Waals surface area contributed by atoms with Gasteiger partial charge >= 0.3 is 0 Å². The van der Waals surface area contributed by atoms with Crippen LogP contribution in [0.2, 0.25) is 10.0 Å². The summed E-state index contributed by atoms with van der Waals surface area (Å²) < 4.78 is 0. The van der Waals surface area contributed by atoms with E-state index in [9.17, 15) is 9.59 Å². The first-order valence-corrected chi connectivity index (χ1v) is 11.2. The number of carbonyl (C=O) groups excluding carboxylic acids is 2. The molecule has 0 bridgehead atoms. The Kier molecular flexibility index (Phi) is 8.18. The number of nitrogens with one attached hydrogen (secondary N) is 1. The number of hydrogen-bond acceptors (Lipinski definition) is 4. The van der Waals surface area contributed by atoms with Crippen molar-refractivity contribution in [2.45, 2.75) is 38.6 Å². The molecule has 6 nitrogen and oxygen atoms in total. The van der Waals surface area contributed by atoms with E-state index in [1.165, 1.54) is 12.8 Å². The molecular formula is C21H30Cl2N4O2. The molecule has 1 N–H and O–H groups in total. The van der Waals surface area contributed by atoms with E-state index in [1.807, 2.05) is 11.8 Å². The molecule has 2 amide bonds. The first-order valence-electron chi connectivity index (χ1n) is 10.4. The number of likely N-dealkylation sites (tertiary alicyclic amines) is 1. The molecule has 3 rings (SSSR count). The highest BCUT2D eigenvalue weighted by Crippen LogP contribution is 2.23. The number of rotatable bonds is 5. The number of piperazine rings is 1. The van der Waals surface area contributed by atoms with Crippen molar-refractivity contribution in [1.82, 2.24) is 14.7 Å². The minimum absolute atomic E-state index is 0.0857. The molecule has 0 aliphatic carbocycles. The van der Waals surface area contributed by atoms with Crippen LogP contribution in [0.25, 0.3) is 0 Å². The van der Waals surface area contributed by atoms with Gasteiger partial charge in [0.15, 0.2) is 0 Å². The summed E-state index contributed by atoms with van der Waals surface area (Å²) in [6.45, 7) is 7.28. The average molecular weight is 441 g/mol. The molecule has 0 saturated carbocycles. The van der Waals surface area contributed by atoms with Crippen molar-refractivity contribution in [3.05, 3.63) is 28.2 Å². The lowest BCUT2D eigenvalue weighted by molar-refractivity contribution is -0.133. The standard InChI is InChI=1S/C21H30Cl2N4O2/c1-16(21(29)24-19-13-17(22)12-18(23)14-19)26-10-8-25(9-11-26)15-20(28)27-6-4-2-3-5-7-27/h12-14,16H,2-11,15H2,1H3,(H,24,29)/t16-/m0/s1. The van der Waals surface area contributed by atoms with Gasteiger partial charge in [0.25, 0.3) is 0 Å². The quantitative estimate of drug-likeness (QED) is 0.762. The molecule has 1 aromatic carbocycles. The molecule has 2 aliphatic heterocycles. The van der Waals surface area contributed by atoms with Crippen LogP contribution in [0.3, 0.4) is 0 Å². The number of anilines is 1. The van der Waals surface area contributed by atoms with E-state index in [1.54, 1.807) is 18.2 Å². The molecule has 0 radical (unpaired) electrons. The summed E-state index contributed by atoms with van der Waals surface area (Å²) in [4.78, 5) is 31.6. The Morgan fingerprint density at radius 2 is 1.52 bits per heavy atom. The summed E-state index contributed by atoms with van der Waals surface area (Å²) in [5.74, 6) is 0.154. The third kappa shape index (κ3) is 6.57. The number of benzene rings is 1. The van der Waals surface area contributed by atoms with Crippen molar-refractivity contribution in [3.8, 4) is 0 Å². The van der Waals surface area contributed by atoms with E-state index < -0.39 is 0 Å². The fraction of sp³-hybridized carbons (Fsp3) is 0.619. The van der Waals surface area contributed by atoms with E-state index >= 15 is 0 Å². The smallest absolute Gasteiger partial charge is 0.241 e. The zero-order chi connectivity index (χ0) is 20.8. The lowest BCUT2D eigenvalue weighted by Gasteiger charge is -2.37. The van der Waals surface area contributed by atoms with Gasteiger partial charge in [0, 0.05) is 55.0 Å². The number of hydrogen-bond donors (Lipinski definition) is 1. The zero-order valence-corrected chi connectivity index (χ0v) is 18.5. The highest BCUT2D eigenvalue weighted by molar-refractivity contribution is 6.35. The number of amides is 2. The minimum Gasteiger partial charge on any atom is -0.342 e. The van der Waals surface area contributed by atoms with Gasteiger partial charge in [0.1, 0.15) is 0 Å². The molecule has 1 aromatic rings. The molecule has 0 aromatic heterocycles. The van der Waals surface area contributed by atoms with Crippen LogP contribution < -0.4 is 5.32 Å². The Morgan fingerprint density at radius 1 is 0.931 bits per heavy atom. The van der Waals surface area contributed by atoms with Crippen molar-refractivity contribution in [2.24, 2.45) is 0 Å². The van der Waals surface area contributed by atoms with Crippen molar-refractivity contribution in [1.29, 1.82) is 0 Å². The molecule has 0 spiro atoms. The highest BCUT2D eigenvalue weighted by Gasteiger charge is 2.27. The van der Waals surface area contributed by atoms with Crippen LogP contribution in [0.4, 0.5) is 5.69 Å². The van der Waals surface area contributed by atoms with Gasteiger partial charge < -0.3 is 10.2 Å². The highest BCUT2D eigenvalue weighted by atomic mass is 35.5. The Morgan fingerprint density at radius 3 is 2.10 bits per heavy atom. The van der Waals surface area contributed by atoms with Gasteiger partial charge in [-0.1, -0.05) is 36.0 Å². The van der Waals surface area contributed by atoms with Gasteiger partial charge in [-0.3, -0.25) is 19.4 Å². The maximum atomic E-state index is 12.6. The third-order valence-electron chi connectivity index (χ3n) is 5.78. The van der Waals surface area contributed by atoms with E-state index in [4.69, 9.17) is 23.2 Å². The van der Waals surface area contributed by atoms with Crippen LogP contribution in [0, 0.1) is 0 Å². The normalized spacial score (nSPS) is 20.2. The van der Waals surface area contributed by atoms with Crippen LogP contribution in [-0.2, 0) is 9.59 Å². The van der Waals surface area contributed by atoms with Gasteiger partial charge in [-0.05, 0) is 38.0 Å². The maximum absolute atomic E-state index is 12.6. The lowest BCUT2D eigenvalue weighted by atomic mass is 10.2. The Bertz CT molecular complexity index is 694. The van der Waals surface area contributed by atoms with Crippen molar-refractivity contribution >= 4 is 40.7 Å². The van der Waals surface area contributed by atoms with Gasteiger partial charge in [-0.15, -0.1) is 0 Å². The third-order valence-corrected chi connectivity index (χ3v) is 6.22. The summed E-state index contributed by atoms with van der Waals surface area (Å²) in [7, 11) is 0. The summed E-state index contributed by atoms with van der Waals surface area (Å²) in [5.41, 5.74) is 0.598. The predicted molar refractivity (Wildman–Crippen MR) is 118 cm³/mol. The largest absolute Gasteiger partial charge is 0.342 e. The van der Waals surface area contributed by atoms with Crippen molar-refractivity contribution in [3.63, 3.8) is 0 Å². The SMILES string of the molecule is C[C@@H](C(=O)Nc1cc(Cl)cc(Cl)c1)N1CCN(CC(=O)N2CCCCCC2)CC1. The summed E-state index contributed by atoms with van der Waals surface area (Å²) >= 11 is 12.0. The average Bonchev–Trinajstić information content (AvgIpc) is 2.97. The molecule has 29 heavy (non-hydrogen) atoms. The molecule has 2 fully saturated rings. The molecule has 2 aliphatic rings. The van der Waals surface area contributed by atoms with E-state index in [0.717, 1.165) is 52.1 Å². The van der Waals surface area contributed by atoms with Gasteiger partial charge in [-0.2, -0.15) is 0 Å². The maximum Gasteiger partial charge on any atom is 0.241 e. The topological polar surface area (TPSA) is 55.9 Å². The first kappa shape index (κ1) is 22.3. The molecule has 2 heterocycles. The Balaban J connectivity index is 1.45. The second-order valence-corrected chi connectivity index (χ2v) is 8.80. The second-order valence-electron chi connectivity index (χ2n) is 7.93. The molecule has 1 atom stereocenters. The summed E-state index contributed by atoms with van der Waals surface area (Å²) in [6, 6.07) is 4.74. The summed E-state index contributed by atoms with van der Waals surface area (Å²) in [6.07, 6.45) is 4.68. The minimum atomic E-state index is -0.267. The summed E-state index contributed by atoms with van der Waals surface area (Å²) in [5, 5.41) is 3.87. The number of halogens is 2. The van der Waals surface area contributed by atoms with Crippen molar-refractivity contribution < 1.29 is 9.59 Å². The monoisotopic (exact) mass is 440 g/mol. The molecule has 2 saturated heterocycles. The van der Waals surface area contributed by atoms with Crippen molar-refractivity contribution in [2.75, 3.05) is 51.1 Å². The number of nitrogens with zero attached hydrogens (tertiary/aromatic N) is 3. The van der Waals surface area contributed by atoms with Crippen LogP contribution >= 0.6 is 23.2 Å². The van der Waals surface area contributed by atoms with E-state index in [0.29, 0.717) is 22.3 Å². The second kappa shape index (κ2) is 10.6. The van der Waals surface area contributed by atoms with E-state index in [2.05, 4.69) is 15.1 Å². The van der Waals surface area contributed by atoms with Crippen LogP contribution in [0.15, 0.2) is 18.2 Å². The van der Waals surface area contributed by atoms with Crippen LogP contribution in [0.5, 0.6) is 0 Å². The molecule has 0 unspecified atom stereocenters. The van der Waals surface area contributed by atoms with Crippen LogP contribution in [0.1, 0.15) is 32.6 Å². The lowest BCUT2D eigenvalue weighted by Crippen LogP contribution is -2.54. The number of carbonyl (C=O) groups is 2. The molecular weight excluding hydrogens is 411 g/mol.